The van der Waals surface area contributed by atoms with E-state index in [1.165, 1.54) is 0 Å². The fraction of sp³-hybridized carbons (Fsp3) is 0.562. The van der Waals surface area contributed by atoms with E-state index < -0.39 is 0 Å². The summed E-state index contributed by atoms with van der Waals surface area (Å²) in [6.45, 7) is 7.32. The van der Waals surface area contributed by atoms with Gasteiger partial charge in [0.2, 0.25) is 0 Å². The number of hydrogen-bond donors (Lipinski definition) is 0. The van der Waals surface area contributed by atoms with Gasteiger partial charge in [0.15, 0.2) is 0 Å². The molecule has 5 heteroatoms. The lowest BCUT2D eigenvalue weighted by Gasteiger charge is -2.29. The number of para-hydroxylation sites is 1. The lowest BCUT2D eigenvalue weighted by molar-refractivity contribution is 0.269. The maximum atomic E-state index is 6.45. The molecule has 0 aliphatic rings. The van der Waals surface area contributed by atoms with Gasteiger partial charge in [0.05, 0.1) is 27.5 Å². The Morgan fingerprint density at radius 1 is 1.24 bits per heavy atom. The van der Waals surface area contributed by atoms with Gasteiger partial charge in [-0.3, -0.25) is 0 Å². The predicted octanol–water partition coefficient (Wildman–Crippen LogP) is 4.75. The highest BCUT2D eigenvalue weighted by Crippen LogP contribution is 2.34. The number of halogens is 2. The van der Waals surface area contributed by atoms with Gasteiger partial charge in [-0.05, 0) is 39.1 Å². The molecule has 116 valence electrons. The van der Waals surface area contributed by atoms with Crippen molar-refractivity contribution in [3.05, 3.63) is 29.0 Å². The van der Waals surface area contributed by atoms with Crippen LogP contribution < -0.4 is 0 Å². The zero-order valence-corrected chi connectivity index (χ0v) is 14.8. The Bertz CT molecular complexity index is 617. The van der Waals surface area contributed by atoms with Gasteiger partial charge in [0.25, 0.3) is 0 Å². The van der Waals surface area contributed by atoms with Crippen molar-refractivity contribution >= 4 is 34.2 Å². The number of benzene rings is 1. The molecule has 0 bridgehead atoms. The third kappa shape index (κ3) is 3.36. The Balaban J connectivity index is 2.71. The van der Waals surface area contributed by atoms with Crippen molar-refractivity contribution in [2.45, 2.75) is 32.2 Å². The van der Waals surface area contributed by atoms with Crippen LogP contribution in [0, 0.1) is 5.92 Å². The van der Waals surface area contributed by atoms with Gasteiger partial charge >= 0.3 is 0 Å². The van der Waals surface area contributed by atoms with Gasteiger partial charge < -0.3 is 9.47 Å². The van der Waals surface area contributed by atoms with Crippen molar-refractivity contribution < 1.29 is 0 Å². The topological polar surface area (TPSA) is 21.1 Å². The number of hydrogen-bond acceptors (Lipinski definition) is 2. The summed E-state index contributed by atoms with van der Waals surface area (Å²) in [4.78, 5) is 6.90. The molecule has 2 unspecified atom stereocenters. The van der Waals surface area contributed by atoms with Crippen molar-refractivity contribution in [2.75, 3.05) is 20.6 Å². The van der Waals surface area contributed by atoms with Crippen LogP contribution in [0.15, 0.2) is 18.2 Å². The molecule has 0 spiro atoms. The van der Waals surface area contributed by atoms with Crippen LogP contribution in [0.4, 0.5) is 0 Å². The van der Waals surface area contributed by atoms with Crippen molar-refractivity contribution in [2.24, 2.45) is 5.92 Å². The van der Waals surface area contributed by atoms with E-state index >= 15 is 0 Å². The van der Waals surface area contributed by atoms with E-state index in [0.29, 0.717) is 5.92 Å². The molecule has 0 aliphatic heterocycles. The molecule has 2 rings (SSSR count). The zero-order chi connectivity index (χ0) is 15.7. The van der Waals surface area contributed by atoms with Crippen LogP contribution in [-0.4, -0.2) is 35.1 Å². The highest BCUT2D eigenvalue weighted by Gasteiger charge is 2.25. The second kappa shape index (κ2) is 6.55. The molecule has 0 fully saturated rings. The molecule has 0 radical (unpaired) electrons. The Morgan fingerprint density at radius 3 is 2.43 bits per heavy atom. The Morgan fingerprint density at radius 2 is 1.90 bits per heavy atom. The van der Waals surface area contributed by atoms with Crippen LogP contribution in [-0.2, 0) is 0 Å². The third-order valence-electron chi connectivity index (χ3n) is 3.70. The SMILES string of the molecule is CC(Cl)c1nc2cccc(Cl)c2n1C(CN(C)C)C(C)C. The Kier molecular flexibility index (Phi) is 5.18. The summed E-state index contributed by atoms with van der Waals surface area (Å²) in [5.41, 5.74) is 1.90. The minimum absolute atomic E-state index is 0.156. The van der Waals surface area contributed by atoms with Gasteiger partial charge in [0, 0.05) is 6.54 Å². The fourth-order valence-electron chi connectivity index (χ4n) is 2.71. The predicted molar refractivity (Wildman–Crippen MR) is 91.4 cm³/mol. The van der Waals surface area contributed by atoms with Crippen molar-refractivity contribution in [3.63, 3.8) is 0 Å². The molecule has 0 amide bonds. The lowest BCUT2D eigenvalue weighted by atomic mass is 10.0. The lowest BCUT2D eigenvalue weighted by Crippen LogP contribution is -2.29. The van der Waals surface area contributed by atoms with Gasteiger partial charge in [-0.15, -0.1) is 11.6 Å². The summed E-state index contributed by atoms with van der Waals surface area (Å²) in [6, 6.07) is 6.12. The number of aromatic nitrogens is 2. The standard InChI is InChI=1S/C16H23Cl2N3/c1-10(2)14(9-20(4)5)21-15-12(18)7-6-8-13(15)19-16(21)11(3)17/h6-8,10-11,14H,9H2,1-5H3. The second-order valence-electron chi connectivity index (χ2n) is 6.14. The number of likely N-dealkylation sites (N-methyl/N-ethyl adjacent to an activating group) is 1. The Labute approximate surface area is 136 Å². The van der Waals surface area contributed by atoms with Gasteiger partial charge in [0.1, 0.15) is 5.82 Å². The summed E-state index contributed by atoms with van der Waals surface area (Å²) in [7, 11) is 4.17. The van der Waals surface area contributed by atoms with E-state index in [1.54, 1.807) is 0 Å². The van der Waals surface area contributed by atoms with Crippen molar-refractivity contribution in [1.82, 2.24) is 14.5 Å². The molecular formula is C16H23Cl2N3. The van der Waals surface area contributed by atoms with Crippen LogP contribution >= 0.6 is 23.2 Å². The van der Waals surface area contributed by atoms with E-state index in [0.717, 1.165) is 28.4 Å². The molecule has 2 aromatic rings. The minimum Gasteiger partial charge on any atom is -0.321 e. The quantitative estimate of drug-likeness (QED) is 0.739. The minimum atomic E-state index is -0.156. The average Bonchev–Trinajstić information content (AvgIpc) is 2.76. The first kappa shape index (κ1) is 16.6. The number of alkyl halides is 1. The average molecular weight is 328 g/mol. The number of nitrogens with zero attached hydrogens (tertiary/aromatic N) is 3. The van der Waals surface area contributed by atoms with Gasteiger partial charge in [-0.2, -0.15) is 0 Å². The largest absolute Gasteiger partial charge is 0.321 e. The maximum absolute atomic E-state index is 6.45. The van der Waals surface area contributed by atoms with E-state index in [1.807, 2.05) is 25.1 Å². The molecule has 0 N–H and O–H groups in total. The second-order valence-corrected chi connectivity index (χ2v) is 7.20. The molecule has 3 nitrogen and oxygen atoms in total. The summed E-state index contributed by atoms with van der Waals surface area (Å²) in [5, 5.41) is 0.574. The third-order valence-corrected chi connectivity index (χ3v) is 4.20. The molecule has 0 saturated carbocycles. The molecule has 1 aromatic carbocycles. The molecule has 21 heavy (non-hydrogen) atoms. The van der Waals surface area contributed by atoms with E-state index in [4.69, 9.17) is 28.2 Å². The highest BCUT2D eigenvalue weighted by atomic mass is 35.5. The van der Waals surface area contributed by atoms with Gasteiger partial charge in [-0.25, -0.2) is 4.98 Å². The van der Waals surface area contributed by atoms with Crippen molar-refractivity contribution in [3.8, 4) is 0 Å². The van der Waals surface area contributed by atoms with E-state index in [-0.39, 0.29) is 11.4 Å². The normalized spacial score (nSPS) is 15.1. The summed E-state index contributed by atoms with van der Waals surface area (Å²) < 4.78 is 2.24. The Hall–Kier alpha value is -0.770. The fourth-order valence-corrected chi connectivity index (χ4v) is 3.12. The van der Waals surface area contributed by atoms with Crippen LogP contribution in [0.2, 0.25) is 5.02 Å². The highest BCUT2D eigenvalue weighted by molar-refractivity contribution is 6.35. The maximum Gasteiger partial charge on any atom is 0.128 e. The van der Waals surface area contributed by atoms with E-state index in [2.05, 4.69) is 37.4 Å². The molecule has 1 aromatic heterocycles. The van der Waals surface area contributed by atoms with Crippen LogP contribution in [0.3, 0.4) is 0 Å². The summed E-state index contributed by atoms with van der Waals surface area (Å²) in [6.07, 6.45) is 0. The van der Waals surface area contributed by atoms with Crippen LogP contribution in [0.5, 0.6) is 0 Å². The molecule has 0 saturated heterocycles. The van der Waals surface area contributed by atoms with Crippen LogP contribution in [0.1, 0.15) is 38.0 Å². The summed E-state index contributed by atoms with van der Waals surface area (Å²) >= 11 is 12.8. The van der Waals surface area contributed by atoms with Crippen molar-refractivity contribution in [1.29, 1.82) is 0 Å². The summed E-state index contributed by atoms with van der Waals surface area (Å²) in [5.74, 6) is 1.34. The number of imidazole rings is 1. The van der Waals surface area contributed by atoms with Gasteiger partial charge in [-0.1, -0.05) is 31.5 Å². The monoisotopic (exact) mass is 327 g/mol. The van der Waals surface area contributed by atoms with Crippen LogP contribution in [0.25, 0.3) is 11.0 Å². The first-order chi connectivity index (χ1) is 9.82. The molecule has 2 atom stereocenters. The molecular weight excluding hydrogens is 305 g/mol. The number of fused-ring (bicyclic) bond motifs is 1. The first-order valence-corrected chi connectivity index (χ1v) is 8.09. The zero-order valence-electron chi connectivity index (χ0n) is 13.3. The van der Waals surface area contributed by atoms with E-state index in [9.17, 15) is 0 Å². The smallest absolute Gasteiger partial charge is 0.128 e. The first-order valence-electron chi connectivity index (χ1n) is 7.28. The molecule has 0 aliphatic carbocycles. The molecule has 1 heterocycles. The number of rotatable bonds is 5.